The van der Waals surface area contributed by atoms with Crippen LogP contribution in [0.2, 0.25) is 0 Å². The first-order chi connectivity index (χ1) is 10.9. The summed E-state index contributed by atoms with van der Waals surface area (Å²) in [4.78, 5) is 11.8. The van der Waals surface area contributed by atoms with Crippen molar-refractivity contribution in [1.82, 2.24) is 15.5 Å². The fourth-order valence-corrected chi connectivity index (χ4v) is 2.98. The minimum absolute atomic E-state index is 0.0365. The van der Waals surface area contributed by atoms with Crippen LogP contribution in [0.5, 0.6) is 0 Å². The number of rotatable bonds is 10. The van der Waals surface area contributed by atoms with E-state index in [0.29, 0.717) is 11.7 Å². The number of unbranched alkanes of at least 4 members (excludes halogenated alkanes) is 7. The molecule has 0 saturated carbocycles. The molecule has 2 amide bonds. The van der Waals surface area contributed by atoms with E-state index < -0.39 is 0 Å². The van der Waals surface area contributed by atoms with E-state index in [1.54, 1.807) is 0 Å². The molecule has 0 aliphatic carbocycles. The predicted octanol–water partition coefficient (Wildman–Crippen LogP) is 5.10. The van der Waals surface area contributed by atoms with Gasteiger partial charge in [-0.05, 0) is 6.42 Å². The third-order valence-electron chi connectivity index (χ3n) is 3.60. The lowest BCUT2D eigenvalue weighted by Crippen LogP contribution is -2.29. The molecule has 0 bridgehead atoms. The lowest BCUT2D eigenvalue weighted by atomic mass is 9.98. The number of urea groups is 1. The van der Waals surface area contributed by atoms with Gasteiger partial charge in [-0.2, -0.15) is 0 Å². The second kappa shape index (κ2) is 10.6. The Morgan fingerprint density at radius 1 is 1.00 bits per heavy atom. The highest BCUT2D eigenvalue weighted by Gasteiger charge is 2.19. The van der Waals surface area contributed by atoms with Crippen LogP contribution in [0.25, 0.3) is 0 Å². The number of carbonyl (C=O) groups excluding carboxylic acids is 1. The summed E-state index contributed by atoms with van der Waals surface area (Å²) in [6.45, 7) is 9.20. The lowest BCUT2D eigenvalue weighted by molar-refractivity contribution is 0.252. The van der Waals surface area contributed by atoms with Crippen LogP contribution >= 0.6 is 11.3 Å². The molecular weight excluding hydrogens is 308 g/mol. The Labute approximate surface area is 144 Å². The van der Waals surface area contributed by atoms with Gasteiger partial charge in [-0.25, -0.2) is 4.79 Å². The van der Waals surface area contributed by atoms with E-state index in [1.165, 1.54) is 56.3 Å². The second-order valence-corrected chi connectivity index (χ2v) is 8.00. The van der Waals surface area contributed by atoms with Gasteiger partial charge >= 0.3 is 6.03 Å². The number of aromatic nitrogens is 2. The highest BCUT2D eigenvalue weighted by molar-refractivity contribution is 7.15. The molecule has 0 aliphatic heterocycles. The zero-order valence-corrected chi connectivity index (χ0v) is 15.9. The van der Waals surface area contributed by atoms with Crippen molar-refractivity contribution in [1.29, 1.82) is 0 Å². The van der Waals surface area contributed by atoms with Crippen LogP contribution in [0.1, 0.15) is 84.1 Å². The minimum atomic E-state index is -0.190. The largest absolute Gasteiger partial charge is 0.338 e. The van der Waals surface area contributed by atoms with Crippen molar-refractivity contribution in [2.24, 2.45) is 0 Å². The molecule has 5 nitrogen and oxygen atoms in total. The van der Waals surface area contributed by atoms with Gasteiger partial charge in [0.1, 0.15) is 5.01 Å². The molecule has 0 unspecified atom stereocenters. The summed E-state index contributed by atoms with van der Waals surface area (Å²) in [6.07, 6.45) is 10.1. The Hall–Kier alpha value is -1.17. The van der Waals surface area contributed by atoms with Crippen molar-refractivity contribution in [2.45, 2.75) is 84.5 Å². The Kier molecular flexibility index (Phi) is 9.14. The van der Waals surface area contributed by atoms with Crippen molar-refractivity contribution in [3.05, 3.63) is 5.01 Å². The topological polar surface area (TPSA) is 66.9 Å². The normalized spacial score (nSPS) is 11.5. The van der Waals surface area contributed by atoms with Crippen molar-refractivity contribution in [3.63, 3.8) is 0 Å². The van der Waals surface area contributed by atoms with Gasteiger partial charge in [-0.1, -0.05) is 84.0 Å². The lowest BCUT2D eigenvalue weighted by Gasteiger charge is -2.12. The fraction of sp³-hybridized carbons (Fsp3) is 0.824. The van der Waals surface area contributed by atoms with Crippen molar-refractivity contribution in [3.8, 4) is 0 Å². The predicted molar refractivity (Wildman–Crippen MR) is 98.2 cm³/mol. The van der Waals surface area contributed by atoms with Gasteiger partial charge < -0.3 is 5.32 Å². The molecule has 0 spiro atoms. The molecule has 1 heterocycles. The summed E-state index contributed by atoms with van der Waals surface area (Å²) in [5.41, 5.74) is -0.0365. The SMILES string of the molecule is CCCCCCCCCCNC(=O)Nc1nnc(C(C)(C)C)s1. The van der Waals surface area contributed by atoms with E-state index >= 15 is 0 Å². The average molecular weight is 341 g/mol. The molecule has 0 radical (unpaired) electrons. The first kappa shape index (κ1) is 19.9. The smallest absolute Gasteiger partial charge is 0.321 e. The molecule has 1 aromatic rings. The van der Waals surface area contributed by atoms with E-state index in [1.807, 2.05) is 0 Å². The van der Waals surface area contributed by atoms with Gasteiger partial charge in [0.2, 0.25) is 5.13 Å². The van der Waals surface area contributed by atoms with Crippen LogP contribution in [0.4, 0.5) is 9.93 Å². The van der Waals surface area contributed by atoms with Crippen LogP contribution in [0.3, 0.4) is 0 Å². The highest BCUT2D eigenvalue weighted by Crippen LogP contribution is 2.27. The summed E-state index contributed by atoms with van der Waals surface area (Å²) in [7, 11) is 0. The van der Waals surface area contributed by atoms with E-state index in [4.69, 9.17) is 0 Å². The van der Waals surface area contributed by atoms with Crippen molar-refractivity contribution in [2.75, 3.05) is 11.9 Å². The zero-order valence-electron chi connectivity index (χ0n) is 15.1. The third-order valence-corrected chi connectivity index (χ3v) is 4.87. The number of hydrogen-bond donors (Lipinski definition) is 2. The summed E-state index contributed by atoms with van der Waals surface area (Å²) in [5, 5.41) is 15.2. The fourth-order valence-electron chi connectivity index (χ4n) is 2.18. The minimum Gasteiger partial charge on any atom is -0.338 e. The standard InChI is InChI=1S/C17H32N4OS/c1-5-6-7-8-9-10-11-12-13-18-15(22)19-16-21-20-14(23-16)17(2,3)4/h5-13H2,1-4H3,(H2,18,19,21,22). The molecule has 1 rings (SSSR count). The van der Waals surface area contributed by atoms with Crippen LogP contribution in [0, 0.1) is 0 Å². The van der Waals surface area contributed by atoms with E-state index in [0.717, 1.165) is 11.4 Å². The Bertz CT molecular complexity index is 454. The van der Waals surface area contributed by atoms with Crippen LogP contribution in [-0.2, 0) is 5.41 Å². The van der Waals surface area contributed by atoms with Gasteiger partial charge in [0.05, 0.1) is 0 Å². The zero-order chi connectivity index (χ0) is 17.1. The quantitative estimate of drug-likeness (QED) is 0.582. The molecule has 2 N–H and O–H groups in total. The Morgan fingerprint density at radius 2 is 1.61 bits per heavy atom. The summed E-state index contributed by atoms with van der Waals surface area (Å²) < 4.78 is 0. The Morgan fingerprint density at radius 3 is 2.17 bits per heavy atom. The number of nitrogens with one attached hydrogen (secondary N) is 2. The van der Waals surface area contributed by atoms with Crippen molar-refractivity contribution < 1.29 is 4.79 Å². The number of hydrogen-bond acceptors (Lipinski definition) is 4. The maximum absolute atomic E-state index is 11.8. The maximum Gasteiger partial charge on any atom is 0.321 e. The molecule has 132 valence electrons. The molecule has 23 heavy (non-hydrogen) atoms. The molecular formula is C17H32N4OS. The Balaban J connectivity index is 2.07. The number of anilines is 1. The summed E-state index contributed by atoms with van der Waals surface area (Å²) >= 11 is 1.43. The van der Waals surface area contributed by atoms with Crippen LogP contribution < -0.4 is 10.6 Å². The number of amides is 2. The monoisotopic (exact) mass is 340 g/mol. The average Bonchev–Trinajstić information content (AvgIpc) is 2.94. The van der Waals surface area contributed by atoms with Crippen LogP contribution in [0.15, 0.2) is 0 Å². The van der Waals surface area contributed by atoms with Gasteiger partial charge in [0.25, 0.3) is 0 Å². The van der Waals surface area contributed by atoms with Crippen molar-refractivity contribution >= 4 is 22.5 Å². The molecule has 0 atom stereocenters. The van der Waals surface area contributed by atoms with Gasteiger partial charge in [0.15, 0.2) is 0 Å². The summed E-state index contributed by atoms with van der Waals surface area (Å²) in [6, 6.07) is -0.190. The molecule has 0 aromatic carbocycles. The van der Waals surface area contributed by atoms with Crippen LogP contribution in [-0.4, -0.2) is 22.8 Å². The van der Waals surface area contributed by atoms with E-state index in [9.17, 15) is 4.79 Å². The number of nitrogens with zero attached hydrogens (tertiary/aromatic N) is 2. The first-order valence-corrected chi connectivity index (χ1v) is 9.64. The summed E-state index contributed by atoms with van der Waals surface area (Å²) in [5.74, 6) is 0. The third kappa shape index (κ3) is 8.89. The molecule has 1 aromatic heterocycles. The first-order valence-electron chi connectivity index (χ1n) is 8.82. The molecule has 6 heteroatoms. The molecule has 0 fully saturated rings. The van der Waals surface area contributed by atoms with Gasteiger partial charge in [-0.15, -0.1) is 10.2 Å². The molecule has 0 aliphatic rings. The van der Waals surface area contributed by atoms with Gasteiger partial charge in [-0.3, -0.25) is 5.32 Å². The van der Waals surface area contributed by atoms with Gasteiger partial charge in [0, 0.05) is 12.0 Å². The van der Waals surface area contributed by atoms with E-state index in [-0.39, 0.29) is 11.4 Å². The second-order valence-electron chi connectivity index (χ2n) is 7.02. The molecule has 0 saturated heterocycles. The number of carbonyl (C=O) groups is 1. The van der Waals surface area contributed by atoms with E-state index in [2.05, 4.69) is 48.5 Å². The maximum atomic E-state index is 11.8. The highest BCUT2D eigenvalue weighted by atomic mass is 32.1.